The van der Waals surface area contributed by atoms with Gasteiger partial charge in [0.05, 0.1) is 5.33 Å². The zero-order valence-corrected chi connectivity index (χ0v) is 8.36. The van der Waals surface area contributed by atoms with Gasteiger partial charge in [-0.1, -0.05) is 29.3 Å². The summed E-state index contributed by atoms with van der Waals surface area (Å²) in [5.74, 6) is 0.779. The van der Waals surface area contributed by atoms with Crippen LogP contribution in [0, 0.1) is 5.92 Å². The molecule has 0 saturated heterocycles. The van der Waals surface area contributed by atoms with Gasteiger partial charge in [0.25, 0.3) is 0 Å². The molecular weight excluding hydrogens is 206 g/mol. The highest BCUT2D eigenvalue weighted by atomic mass is 79.9. The molecule has 2 nitrogen and oxygen atoms in total. The number of alkyl halides is 1. The average molecular weight is 220 g/mol. The van der Waals surface area contributed by atoms with Crippen molar-refractivity contribution in [2.24, 2.45) is 5.92 Å². The van der Waals surface area contributed by atoms with E-state index in [0.29, 0.717) is 17.3 Å². The van der Waals surface area contributed by atoms with Crippen LogP contribution in [0.2, 0.25) is 0 Å². The Kier molecular flexibility index (Phi) is 3.37. The van der Waals surface area contributed by atoms with Crippen molar-refractivity contribution in [1.29, 1.82) is 0 Å². The van der Waals surface area contributed by atoms with Gasteiger partial charge in [0, 0.05) is 6.04 Å². The van der Waals surface area contributed by atoms with Crippen LogP contribution >= 0.6 is 15.9 Å². The Morgan fingerprint density at radius 2 is 2.36 bits per heavy atom. The van der Waals surface area contributed by atoms with Crippen molar-refractivity contribution in [3.8, 4) is 0 Å². The third-order valence-electron chi connectivity index (χ3n) is 2.33. The van der Waals surface area contributed by atoms with Gasteiger partial charge in [0.15, 0.2) is 0 Å². The summed E-state index contributed by atoms with van der Waals surface area (Å²) in [6.45, 7) is 2.20. The second-order valence-corrected chi connectivity index (χ2v) is 3.78. The first-order chi connectivity index (χ1) is 5.24. The number of rotatable bonds is 2. The van der Waals surface area contributed by atoms with Gasteiger partial charge in [-0.3, -0.25) is 4.79 Å². The Hall–Kier alpha value is -0.0500. The molecule has 64 valence electrons. The molecule has 0 bridgehead atoms. The van der Waals surface area contributed by atoms with Crippen LogP contribution in [-0.4, -0.2) is 17.3 Å². The van der Waals surface area contributed by atoms with Crippen LogP contribution in [0.4, 0.5) is 0 Å². The van der Waals surface area contributed by atoms with E-state index in [1.54, 1.807) is 0 Å². The standard InChI is InChI=1S/C8H14BrNO/c1-6-3-2-4-7(6)10-8(11)5-9/h6-7H,2-5H2,1H3,(H,10,11). The molecule has 0 aromatic carbocycles. The number of hydrogen-bond donors (Lipinski definition) is 1. The molecule has 2 unspecified atom stereocenters. The van der Waals surface area contributed by atoms with Crippen LogP contribution in [0.1, 0.15) is 26.2 Å². The minimum atomic E-state index is 0.115. The lowest BCUT2D eigenvalue weighted by molar-refractivity contribution is -0.119. The molecule has 3 heteroatoms. The normalized spacial score (nSPS) is 30.4. The van der Waals surface area contributed by atoms with Crippen LogP contribution in [0.5, 0.6) is 0 Å². The van der Waals surface area contributed by atoms with Crippen molar-refractivity contribution in [3.63, 3.8) is 0 Å². The van der Waals surface area contributed by atoms with Gasteiger partial charge in [0.1, 0.15) is 0 Å². The van der Waals surface area contributed by atoms with Crippen molar-refractivity contribution in [2.75, 3.05) is 5.33 Å². The van der Waals surface area contributed by atoms with Crippen molar-refractivity contribution >= 4 is 21.8 Å². The van der Waals surface area contributed by atoms with Crippen molar-refractivity contribution in [3.05, 3.63) is 0 Å². The summed E-state index contributed by atoms with van der Waals surface area (Å²) in [5.41, 5.74) is 0. The van der Waals surface area contributed by atoms with Crippen LogP contribution in [0.25, 0.3) is 0 Å². The van der Waals surface area contributed by atoms with E-state index in [0.717, 1.165) is 6.42 Å². The monoisotopic (exact) mass is 219 g/mol. The van der Waals surface area contributed by atoms with E-state index in [9.17, 15) is 4.79 Å². The highest BCUT2D eigenvalue weighted by Gasteiger charge is 2.23. The van der Waals surface area contributed by atoms with E-state index in [4.69, 9.17) is 0 Å². The maximum absolute atomic E-state index is 11.0. The number of carbonyl (C=O) groups is 1. The van der Waals surface area contributed by atoms with E-state index in [-0.39, 0.29) is 5.91 Å². The van der Waals surface area contributed by atoms with Gasteiger partial charge < -0.3 is 5.32 Å². The maximum Gasteiger partial charge on any atom is 0.230 e. The first-order valence-corrected chi connectivity index (χ1v) is 5.21. The third kappa shape index (κ3) is 2.47. The van der Waals surface area contributed by atoms with E-state index in [1.807, 2.05) is 0 Å². The lowest BCUT2D eigenvalue weighted by Gasteiger charge is -2.15. The first kappa shape index (κ1) is 9.04. The molecule has 11 heavy (non-hydrogen) atoms. The lowest BCUT2D eigenvalue weighted by atomic mass is 10.1. The molecule has 1 aliphatic carbocycles. The van der Waals surface area contributed by atoms with Gasteiger partial charge in [-0.25, -0.2) is 0 Å². The van der Waals surface area contributed by atoms with E-state index < -0.39 is 0 Å². The van der Waals surface area contributed by atoms with Gasteiger partial charge in [-0.2, -0.15) is 0 Å². The molecule has 1 N–H and O–H groups in total. The third-order valence-corrected chi connectivity index (χ3v) is 2.84. The minimum Gasteiger partial charge on any atom is -0.352 e. The fraction of sp³-hybridized carbons (Fsp3) is 0.875. The summed E-state index contributed by atoms with van der Waals surface area (Å²) in [6, 6.07) is 0.431. The Bertz CT molecular complexity index is 149. The molecule has 0 aromatic rings. The van der Waals surface area contributed by atoms with E-state index in [1.165, 1.54) is 12.8 Å². The smallest absolute Gasteiger partial charge is 0.230 e. The summed E-state index contributed by atoms with van der Waals surface area (Å²) in [4.78, 5) is 11.0. The van der Waals surface area contributed by atoms with Gasteiger partial charge >= 0.3 is 0 Å². The van der Waals surface area contributed by atoms with Crippen molar-refractivity contribution in [2.45, 2.75) is 32.2 Å². The van der Waals surface area contributed by atoms with Gasteiger partial charge in [0.2, 0.25) is 5.91 Å². The molecule has 0 spiro atoms. The molecular formula is C8H14BrNO. The fourth-order valence-electron chi connectivity index (χ4n) is 1.61. The van der Waals surface area contributed by atoms with Crippen LogP contribution in [-0.2, 0) is 4.79 Å². The Balaban J connectivity index is 2.30. The Labute approximate surface area is 75.9 Å². The number of halogens is 1. The summed E-state index contributed by atoms with van der Waals surface area (Å²) in [5, 5.41) is 3.42. The average Bonchev–Trinajstić information content (AvgIpc) is 2.37. The fourth-order valence-corrected chi connectivity index (χ4v) is 1.77. The summed E-state index contributed by atoms with van der Waals surface area (Å²) >= 11 is 3.13. The summed E-state index contributed by atoms with van der Waals surface area (Å²) in [7, 11) is 0. The first-order valence-electron chi connectivity index (χ1n) is 4.09. The van der Waals surface area contributed by atoms with Crippen LogP contribution in [0.3, 0.4) is 0 Å². The largest absolute Gasteiger partial charge is 0.352 e. The minimum absolute atomic E-state index is 0.115. The number of carbonyl (C=O) groups excluding carboxylic acids is 1. The Morgan fingerprint density at radius 3 is 2.82 bits per heavy atom. The quantitative estimate of drug-likeness (QED) is 0.705. The zero-order chi connectivity index (χ0) is 8.27. The number of nitrogens with one attached hydrogen (secondary N) is 1. The van der Waals surface area contributed by atoms with Gasteiger partial charge in [-0.05, 0) is 18.8 Å². The topological polar surface area (TPSA) is 29.1 Å². The Morgan fingerprint density at radius 1 is 1.64 bits per heavy atom. The molecule has 0 aliphatic heterocycles. The maximum atomic E-state index is 11.0. The molecule has 0 heterocycles. The van der Waals surface area contributed by atoms with Crippen molar-refractivity contribution in [1.82, 2.24) is 5.32 Å². The lowest BCUT2D eigenvalue weighted by Crippen LogP contribution is -2.36. The molecule has 1 fully saturated rings. The second kappa shape index (κ2) is 4.10. The highest BCUT2D eigenvalue weighted by molar-refractivity contribution is 9.09. The van der Waals surface area contributed by atoms with Crippen LogP contribution in [0.15, 0.2) is 0 Å². The summed E-state index contributed by atoms with van der Waals surface area (Å²) < 4.78 is 0. The summed E-state index contributed by atoms with van der Waals surface area (Å²) in [6.07, 6.45) is 3.67. The van der Waals surface area contributed by atoms with E-state index in [2.05, 4.69) is 28.2 Å². The SMILES string of the molecule is CC1CCCC1NC(=O)CBr. The number of hydrogen-bond acceptors (Lipinski definition) is 1. The molecule has 0 radical (unpaired) electrons. The molecule has 2 atom stereocenters. The highest BCUT2D eigenvalue weighted by Crippen LogP contribution is 2.24. The molecule has 1 rings (SSSR count). The van der Waals surface area contributed by atoms with E-state index >= 15 is 0 Å². The predicted molar refractivity (Wildman–Crippen MR) is 48.7 cm³/mol. The molecule has 1 amide bonds. The van der Waals surface area contributed by atoms with Crippen LogP contribution < -0.4 is 5.32 Å². The zero-order valence-electron chi connectivity index (χ0n) is 6.77. The molecule has 0 aromatic heterocycles. The number of amides is 1. The molecule has 1 aliphatic rings. The molecule has 1 saturated carbocycles. The second-order valence-electron chi connectivity index (χ2n) is 3.22. The van der Waals surface area contributed by atoms with Crippen molar-refractivity contribution < 1.29 is 4.79 Å². The van der Waals surface area contributed by atoms with Gasteiger partial charge in [-0.15, -0.1) is 0 Å². The predicted octanol–water partition coefficient (Wildman–Crippen LogP) is 1.69.